The van der Waals surface area contributed by atoms with E-state index in [0.717, 1.165) is 0 Å². The third-order valence-corrected chi connectivity index (χ3v) is 4.12. The summed E-state index contributed by atoms with van der Waals surface area (Å²) < 4.78 is 18.5. The van der Waals surface area contributed by atoms with E-state index >= 15 is 0 Å². The predicted molar refractivity (Wildman–Crippen MR) is 91.1 cm³/mol. The quantitative estimate of drug-likeness (QED) is 0.809. The van der Waals surface area contributed by atoms with Crippen LogP contribution in [0.25, 0.3) is 0 Å². The van der Waals surface area contributed by atoms with Crippen LogP contribution in [0.1, 0.15) is 18.1 Å². The number of carbonyl (C=O) groups is 2. The van der Waals surface area contributed by atoms with E-state index in [9.17, 15) is 19.1 Å². The molecule has 2 aromatic carbocycles. The molecule has 5 nitrogen and oxygen atoms in total. The summed E-state index contributed by atoms with van der Waals surface area (Å²) in [5, 5.41) is 12.2. The number of ether oxygens (including phenoxy) is 1. The number of amides is 1. The van der Waals surface area contributed by atoms with Crippen LogP contribution in [0.4, 0.5) is 4.39 Å². The molecule has 2 rings (SSSR count). The Kier molecular flexibility index (Phi) is 5.75. The molecule has 0 radical (unpaired) electrons. The van der Waals surface area contributed by atoms with Crippen molar-refractivity contribution < 1.29 is 23.8 Å². The van der Waals surface area contributed by atoms with Gasteiger partial charge in [0, 0.05) is 12.1 Å². The average molecular weight is 345 g/mol. The van der Waals surface area contributed by atoms with E-state index in [0.29, 0.717) is 16.9 Å². The number of carbonyl (C=O) groups excluding carboxylic acids is 1. The Labute approximate surface area is 145 Å². The largest absolute Gasteiger partial charge is 0.496 e. The van der Waals surface area contributed by atoms with Crippen LogP contribution in [0.3, 0.4) is 0 Å². The number of halogens is 1. The van der Waals surface area contributed by atoms with Gasteiger partial charge in [0.25, 0.3) is 0 Å². The fourth-order valence-electron chi connectivity index (χ4n) is 2.50. The van der Waals surface area contributed by atoms with Gasteiger partial charge in [0.2, 0.25) is 5.91 Å². The van der Waals surface area contributed by atoms with E-state index in [1.165, 1.54) is 25.3 Å². The van der Waals surface area contributed by atoms with Crippen molar-refractivity contribution in [1.82, 2.24) is 5.32 Å². The zero-order valence-corrected chi connectivity index (χ0v) is 14.1. The molecule has 0 saturated heterocycles. The maximum absolute atomic E-state index is 13.4. The van der Waals surface area contributed by atoms with E-state index in [-0.39, 0.29) is 13.0 Å². The lowest BCUT2D eigenvalue weighted by atomic mass is 9.82. The number of carboxylic acid groups (broad SMARTS) is 1. The molecule has 0 aliphatic heterocycles. The van der Waals surface area contributed by atoms with Gasteiger partial charge in [-0.25, -0.2) is 4.39 Å². The molecule has 0 saturated carbocycles. The van der Waals surface area contributed by atoms with Gasteiger partial charge in [0.15, 0.2) is 0 Å². The Morgan fingerprint density at radius 3 is 2.48 bits per heavy atom. The molecule has 0 heterocycles. The zero-order valence-electron chi connectivity index (χ0n) is 14.1. The average Bonchev–Trinajstić information content (AvgIpc) is 2.60. The fraction of sp³-hybridized carbons (Fsp3) is 0.263. The van der Waals surface area contributed by atoms with E-state index in [2.05, 4.69) is 5.32 Å². The molecule has 0 aromatic heterocycles. The standard InChI is InChI=1S/C19H20FNO4/c1-19(18(23)24,14-6-4-3-5-7-14)12-21-17(22)11-13-10-15(20)8-9-16(13)25-2/h3-10H,11-12H2,1-2H3,(H,21,22)(H,23,24). The summed E-state index contributed by atoms with van der Waals surface area (Å²) in [5.74, 6) is -1.52. The molecule has 1 amide bonds. The highest BCUT2D eigenvalue weighted by Crippen LogP contribution is 2.24. The van der Waals surface area contributed by atoms with Crippen LogP contribution in [0.15, 0.2) is 48.5 Å². The Hall–Kier alpha value is -2.89. The summed E-state index contributed by atoms with van der Waals surface area (Å²) in [6, 6.07) is 12.6. The Bertz CT molecular complexity index is 763. The van der Waals surface area contributed by atoms with Gasteiger partial charge in [-0.15, -0.1) is 0 Å². The van der Waals surface area contributed by atoms with Crippen molar-refractivity contribution in [2.75, 3.05) is 13.7 Å². The van der Waals surface area contributed by atoms with Gasteiger partial charge in [0.1, 0.15) is 17.0 Å². The van der Waals surface area contributed by atoms with Gasteiger partial charge in [-0.1, -0.05) is 30.3 Å². The lowest BCUT2D eigenvalue weighted by molar-refractivity contribution is -0.143. The zero-order chi connectivity index (χ0) is 18.4. The summed E-state index contributed by atoms with van der Waals surface area (Å²) >= 11 is 0. The Balaban J connectivity index is 2.10. The molecule has 0 bridgehead atoms. The number of methoxy groups -OCH3 is 1. The molecule has 1 unspecified atom stereocenters. The second kappa shape index (κ2) is 7.79. The normalized spacial score (nSPS) is 12.9. The van der Waals surface area contributed by atoms with Crippen molar-refractivity contribution in [1.29, 1.82) is 0 Å². The highest BCUT2D eigenvalue weighted by Gasteiger charge is 2.35. The molecule has 0 aliphatic carbocycles. The lowest BCUT2D eigenvalue weighted by Crippen LogP contribution is -2.44. The number of rotatable bonds is 7. The van der Waals surface area contributed by atoms with Gasteiger partial charge in [0.05, 0.1) is 13.5 Å². The van der Waals surface area contributed by atoms with Crippen LogP contribution in [-0.4, -0.2) is 30.6 Å². The summed E-state index contributed by atoms with van der Waals surface area (Å²) in [6.45, 7) is 1.47. The van der Waals surface area contributed by atoms with Gasteiger partial charge in [-0.2, -0.15) is 0 Å². The predicted octanol–water partition coefficient (Wildman–Crippen LogP) is 2.54. The molecule has 0 fully saturated rings. The Morgan fingerprint density at radius 1 is 1.20 bits per heavy atom. The minimum atomic E-state index is -1.26. The summed E-state index contributed by atoms with van der Waals surface area (Å²) in [4.78, 5) is 23.9. The fourth-order valence-corrected chi connectivity index (χ4v) is 2.50. The monoisotopic (exact) mass is 345 g/mol. The maximum Gasteiger partial charge on any atom is 0.315 e. The minimum absolute atomic E-state index is 0.0805. The lowest BCUT2D eigenvalue weighted by Gasteiger charge is -2.25. The van der Waals surface area contributed by atoms with Crippen molar-refractivity contribution in [3.63, 3.8) is 0 Å². The summed E-state index contributed by atoms with van der Waals surface area (Å²) in [6.07, 6.45) is -0.106. The van der Waals surface area contributed by atoms with E-state index in [4.69, 9.17) is 4.74 Å². The van der Waals surface area contributed by atoms with Crippen LogP contribution >= 0.6 is 0 Å². The number of benzene rings is 2. The van der Waals surface area contributed by atoms with E-state index in [1.54, 1.807) is 37.3 Å². The van der Waals surface area contributed by atoms with E-state index in [1.807, 2.05) is 0 Å². The summed E-state index contributed by atoms with van der Waals surface area (Å²) in [7, 11) is 1.44. The van der Waals surface area contributed by atoms with Crippen molar-refractivity contribution in [3.8, 4) is 5.75 Å². The first kappa shape index (κ1) is 18.4. The Morgan fingerprint density at radius 2 is 1.88 bits per heavy atom. The molecule has 1 atom stereocenters. The molecular weight excluding hydrogens is 325 g/mol. The first-order valence-corrected chi connectivity index (χ1v) is 7.75. The van der Waals surface area contributed by atoms with Gasteiger partial charge in [-0.3, -0.25) is 9.59 Å². The van der Waals surface area contributed by atoms with Gasteiger partial charge in [-0.05, 0) is 30.7 Å². The van der Waals surface area contributed by atoms with Gasteiger partial charge >= 0.3 is 5.97 Å². The molecule has 25 heavy (non-hydrogen) atoms. The topological polar surface area (TPSA) is 75.6 Å². The van der Waals surface area contributed by atoms with Crippen LogP contribution in [-0.2, 0) is 21.4 Å². The number of carboxylic acids is 1. The first-order valence-electron chi connectivity index (χ1n) is 7.75. The molecule has 2 N–H and O–H groups in total. The van der Waals surface area contributed by atoms with Gasteiger partial charge < -0.3 is 15.2 Å². The van der Waals surface area contributed by atoms with Crippen molar-refractivity contribution in [2.45, 2.75) is 18.8 Å². The molecule has 6 heteroatoms. The highest BCUT2D eigenvalue weighted by atomic mass is 19.1. The van der Waals surface area contributed by atoms with Crippen LogP contribution in [0.2, 0.25) is 0 Å². The SMILES string of the molecule is COc1ccc(F)cc1CC(=O)NCC(C)(C(=O)O)c1ccccc1. The molecular formula is C19H20FNO4. The highest BCUT2D eigenvalue weighted by molar-refractivity contribution is 5.84. The van der Waals surface area contributed by atoms with Crippen molar-refractivity contribution >= 4 is 11.9 Å². The van der Waals surface area contributed by atoms with Crippen LogP contribution < -0.4 is 10.1 Å². The number of aliphatic carboxylic acids is 1. The second-order valence-electron chi connectivity index (χ2n) is 5.91. The first-order chi connectivity index (χ1) is 11.9. The van der Waals surface area contributed by atoms with Crippen molar-refractivity contribution in [3.05, 3.63) is 65.5 Å². The van der Waals surface area contributed by atoms with Crippen LogP contribution in [0.5, 0.6) is 5.75 Å². The molecule has 0 spiro atoms. The minimum Gasteiger partial charge on any atom is -0.496 e. The maximum atomic E-state index is 13.4. The third-order valence-electron chi connectivity index (χ3n) is 4.12. The van der Waals surface area contributed by atoms with Crippen LogP contribution in [0, 0.1) is 5.82 Å². The van der Waals surface area contributed by atoms with Crippen molar-refractivity contribution in [2.24, 2.45) is 0 Å². The summed E-state index contributed by atoms with van der Waals surface area (Å²) in [5.41, 5.74) is -0.272. The molecule has 0 aliphatic rings. The molecule has 2 aromatic rings. The third kappa shape index (κ3) is 4.35. The second-order valence-corrected chi connectivity index (χ2v) is 5.91. The number of hydrogen-bond acceptors (Lipinski definition) is 3. The van der Waals surface area contributed by atoms with E-state index < -0.39 is 23.1 Å². The molecule has 132 valence electrons. The number of nitrogens with one attached hydrogen (secondary N) is 1. The number of hydrogen-bond donors (Lipinski definition) is 2. The smallest absolute Gasteiger partial charge is 0.315 e.